The number of hydrogen-bond donors (Lipinski definition) is 2. The summed E-state index contributed by atoms with van der Waals surface area (Å²) in [5.74, 6) is -0.384. The number of halogens is 1. The molecule has 0 saturated carbocycles. The quantitative estimate of drug-likeness (QED) is 0.841. The van der Waals surface area contributed by atoms with Gasteiger partial charge in [0.25, 0.3) is 5.91 Å². The number of carbonyl (C=O) groups excluding carboxylic acids is 1. The van der Waals surface area contributed by atoms with E-state index in [0.29, 0.717) is 0 Å². The highest BCUT2D eigenvalue weighted by molar-refractivity contribution is 7.17. The average molecular weight is 250 g/mol. The minimum atomic E-state index is -0.713. The first-order chi connectivity index (χ1) is 6.83. The maximum atomic E-state index is 11.6. The van der Waals surface area contributed by atoms with Crippen molar-refractivity contribution in [3.63, 3.8) is 0 Å². The van der Waals surface area contributed by atoms with Crippen LogP contribution in [0.3, 0.4) is 0 Å². The van der Waals surface area contributed by atoms with E-state index in [0.717, 1.165) is 11.3 Å². The van der Waals surface area contributed by atoms with Crippen LogP contribution in [0.4, 0.5) is 0 Å². The topological polar surface area (TPSA) is 75.1 Å². The molecule has 0 radical (unpaired) electrons. The number of aliphatic hydroxyl groups is 1. The lowest BCUT2D eigenvalue weighted by atomic mass is 9.99. The van der Waals surface area contributed by atoms with E-state index < -0.39 is 11.6 Å². The Bertz CT molecular complexity index is 365. The predicted octanol–water partition coefficient (Wildman–Crippen LogP) is 1.08. The highest BCUT2D eigenvalue weighted by atomic mass is 35.5. The molecule has 1 aromatic heterocycles. The van der Waals surface area contributed by atoms with E-state index in [4.69, 9.17) is 11.6 Å². The van der Waals surface area contributed by atoms with Gasteiger partial charge < -0.3 is 10.4 Å². The van der Waals surface area contributed by atoms with E-state index >= 15 is 0 Å². The van der Waals surface area contributed by atoms with E-state index in [1.54, 1.807) is 20.8 Å². The van der Waals surface area contributed by atoms with E-state index in [9.17, 15) is 9.90 Å². The molecule has 7 heteroatoms. The number of aliphatic hydroxyl groups excluding tert-OH is 1. The molecule has 5 nitrogen and oxygen atoms in total. The summed E-state index contributed by atoms with van der Waals surface area (Å²) in [5.41, 5.74) is -0.713. The molecule has 1 heterocycles. The monoisotopic (exact) mass is 249 g/mol. The maximum absolute atomic E-state index is 11.6. The molecule has 0 saturated heterocycles. The average Bonchev–Trinajstić information content (AvgIpc) is 2.50. The van der Waals surface area contributed by atoms with Crippen molar-refractivity contribution in [3.05, 3.63) is 9.47 Å². The molecule has 1 atom stereocenters. The fourth-order valence-corrected chi connectivity index (χ4v) is 1.47. The highest BCUT2D eigenvalue weighted by Gasteiger charge is 2.27. The molecule has 15 heavy (non-hydrogen) atoms. The Kier molecular flexibility index (Phi) is 3.64. The van der Waals surface area contributed by atoms with Crippen LogP contribution in [0.2, 0.25) is 4.47 Å². The molecule has 0 bridgehead atoms. The molecule has 0 aliphatic rings. The van der Waals surface area contributed by atoms with Crippen LogP contribution in [-0.4, -0.2) is 32.9 Å². The van der Waals surface area contributed by atoms with Crippen LogP contribution in [0.5, 0.6) is 0 Å². The second-order valence-corrected chi connectivity index (χ2v) is 5.27. The third-order valence-electron chi connectivity index (χ3n) is 2.07. The van der Waals surface area contributed by atoms with Crippen molar-refractivity contribution in [2.24, 2.45) is 0 Å². The summed E-state index contributed by atoms with van der Waals surface area (Å²) in [4.78, 5) is 11.6. The van der Waals surface area contributed by atoms with Gasteiger partial charge in [-0.2, -0.15) is 0 Å². The molecule has 1 amide bonds. The van der Waals surface area contributed by atoms with Gasteiger partial charge in [-0.3, -0.25) is 4.79 Å². The summed E-state index contributed by atoms with van der Waals surface area (Å²) >= 11 is 6.55. The zero-order chi connectivity index (χ0) is 11.6. The van der Waals surface area contributed by atoms with Crippen molar-refractivity contribution in [1.82, 2.24) is 15.5 Å². The van der Waals surface area contributed by atoms with Gasteiger partial charge in [-0.15, -0.1) is 10.2 Å². The standard InChI is InChI=1S/C8H12ClN3O2S/c1-4(13)8(2,3)10-5(14)6-11-12-7(9)15-6/h4,13H,1-3H3,(H,10,14). The largest absolute Gasteiger partial charge is 0.391 e. The molecule has 0 spiro atoms. The van der Waals surface area contributed by atoms with Crippen LogP contribution in [0.15, 0.2) is 0 Å². The summed E-state index contributed by atoms with van der Waals surface area (Å²) in [7, 11) is 0. The third-order valence-corrected chi connectivity index (χ3v) is 3.09. The Morgan fingerprint density at radius 2 is 2.20 bits per heavy atom. The van der Waals surface area contributed by atoms with Crippen LogP contribution in [0.25, 0.3) is 0 Å². The molecular formula is C8H12ClN3O2S. The third kappa shape index (κ3) is 3.12. The zero-order valence-electron chi connectivity index (χ0n) is 8.61. The molecule has 0 aliphatic heterocycles. The fraction of sp³-hybridized carbons (Fsp3) is 0.625. The number of aromatic nitrogens is 2. The molecule has 1 rings (SSSR count). The number of amides is 1. The Morgan fingerprint density at radius 1 is 1.60 bits per heavy atom. The van der Waals surface area contributed by atoms with Gasteiger partial charge in [0.15, 0.2) is 0 Å². The van der Waals surface area contributed by atoms with Gasteiger partial charge in [0.05, 0.1) is 11.6 Å². The van der Waals surface area contributed by atoms with Crippen molar-refractivity contribution < 1.29 is 9.90 Å². The summed E-state index contributed by atoms with van der Waals surface area (Å²) in [6.45, 7) is 5.05. The van der Waals surface area contributed by atoms with Gasteiger partial charge in [0, 0.05) is 0 Å². The smallest absolute Gasteiger partial charge is 0.282 e. The second-order valence-electron chi connectivity index (χ2n) is 3.71. The van der Waals surface area contributed by atoms with Crippen LogP contribution in [0.1, 0.15) is 30.6 Å². The van der Waals surface area contributed by atoms with Crippen molar-refractivity contribution in [2.45, 2.75) is 32.4 Å². The van der Waals surface area contributed by atoms with Gasteiger partial charge in [0.1, 0.15) is 0 Å². The Balaban J connectivity index is 2.72. The minimum Gasteiger partial charge on any atom is -0.391 e. The Morgan fingerprint density at radius 3 is 2.60 bits per heavy atom. The van der Waals surface area contributed by atoms with Crippen molar-refractivity contribution in [3.8, 4) is 0 Å². The molecule has 1 unspecified atom stereocenters. The Hall–Kier alpha value is -0.720. The van der Waals surface area contributed by atoms with Crippen LogP contribution in [-0.2, 0) is 0 Å². The molecule has 84 valence electrons. The van der Waals surface area contributed by atoms with Gasteiger partial charge in [0.2, 0.25) is 9.47 Å². The van der Waals surface area contributed by atoms with E-state index in [1.807, 2.05) is 0 Å². The van der Waals surface area contributed by atoms with E-state index in [2.05, 4.69) is 15.5 Å². The summed E-state index contributed by atoms with van der Waals surface area (Å²) < 4.78 is 0.218. The molecule has 0 fully saturated rings. The first-order valence-corrected chi connectivity index (χ1v) is 5.52. The zero-order valence-corrected chi connectivity index (χ0v) is 10.2. The van der Waals surface area contributed by atoms with Crippen LogP contribution >= 0.6 is 22.9 Å². The van der Waals surface area contributed by atoms with Gasteiger partial charge in [-0.1, -0.05) is 11.3 Å². The van der Waals surface area contributed by atoms with Crippen molar-refractivity contribution in [2.75, 3.05) is 0 Å². The highest BCUT2D eigenvalue weighted by Crippen LogP contribution is 2.16. The minimum absolute atomic E-state index is 0.189. The number of nitrogens with zero attached hydrogens (tertiary/aromatic N) is 2. The first-order valence-electron chi connectivity index (χ1n) is 4.32. The van der Waals surface area contributed by atoms with Crippen LogP contribution in [0, 0.1) is 0 Å². The molecule has 1 aromatic rings. The SMILES string of the molecule is CC(O)C(C)(C)NC(=O)c1nnc(Cl)s1. The van der Waals surface area contributed by atoms with Crippen LogP contribution < -0.4 is 5.32 Å². The summed E-state index contributed by atoms with van der Waals surface area (Å²) in [6, 6.07) is 0. The first kappa shape index (κ1) is 12.4. The lowest BCUT2D eigenvalue weighted by molar-refractivity contribution is 0.0708. The summed E-state index contributed by atoms with van der Waals surface area (Å²) in [6.07, 6.45) is -0.662. The second kappa shape index (κ2) is 4.42. The normalized spacial score (nSPS) is 13.7. The number of nitrogens with one attached hydrogen (secondary N) is 1. The van der Waals surface area contributed by atoms with Gasteiger partial charge in [-0.05, 0) is 32.4 Å². The van der Waals surface area contributed by atoms with E-state index in [1.165, 1.54) is 0 Å². The van der Waals surface area contributed by atoms with Crippen molar-refractivity contribution >= 4 is 28.8 Å². The fourth-order valence-electron chi connectivity index (χ4n) is 0.748. The summed E-state index contributed by atoms with van der Waals surface area (Å²) in [5, 5.41) is 19.4. The van der Waals surface area contributed by atoms with E-state index in [-0.39, 0.29) is 15.4 Å². The molecule has 0 aromatic carbocycles. The number of hydrogen-bond acceptors (Lipinski definition) is 5. The molecule has 0 aliphatic carbocycles. The predicted molar refractivity (Wildman–Crippen MR) is 58.1 cm³/mol. The van der Waals surface area contributed by atoms with Gasteiger partial charge in [-0.25, -0.2) is 0 Å². The number of carbonyl (C=O) groups is 1. The van der Waals surface area contributed by atoms with Crippen molar-refractivity contribution in [1.29, 1.82) is 0 Å². The Labute approximate surface area is 96.5 Å². The molecular weight excluding hydrogens is 238 g/mol. The number of rotatable bonds is 3. The molecule has 2 N–H and O–H groups in total. The maximum Gasteiger partial charge on any atom is 0.282 e. The lowest BCUT2D eigenvalue weighted by Crippen LogP contribution is -2.50. The van der Waals surface area contributed by atoms with Gasteiger partial charge >= 0.3 is 0 Å². The lowest BCUT2D eigenvalue weighted by Gasteiger charge is -2.28.